The first-order valence-electron chi connectivity index (χ1n) is 9.80. The van der Waals surface area contributed by atoms with E-state index in [4.69, 9.17) is 4.98 Å². The number of aromatic nitrogens is 1. The fraction of sp³-hybridized carbons (Fsp3) is 0.261. The number of hydrogen-bond acceptors (Lipinski definition) is 4. The molecule has 1 N–H and O–H groups in total. The predicted molar refractivity (Wildman–Crippen MR) is 115 cm³/mol. The maximum absolute atomic E-state index is 13.0. The van der Waals surface area contributed by atoms with Crippen molar-refractivity contribution in [1.29, 1.82) is 0 Å². The maximum Gasteiger partial charge on any atom is 0.256 e. The standard InChI is InChI=1S/C23H24N4O2/c1-16-15-22(25-20-9-5-3-7-18(16)20)26-11-13-27(14-12-26)23(29)19-8-4-6-10-21(19)24-17(2)28/h3-10,15H,11-14H2,1-2H3,(H,24,28). The lowest BCUT2D eigenvalue weighted by atomic mass is 10.1. The van der Waals surface area contributed by atoms with Crippen molar-refractivity contribution in [2.24, 2.45) is 0 Å². The predicted octanol–water partition coefficient (Wildman–Crippen LogP) is 3.46. The van der Waals surface area contributed by atoms with Crippen molar-refractivity contribution in [2.45, 2.75) is 13.8 Å². The van der Waals surface area contributed by atoms with Gasteiger partial charge in [-0.25, -0.2) is 4.98 Å². The largest absolute Gasteiger partial charge is 0.353 e. The topological polar surface area (TPSA) is 65.5 Å². The van der Waals surface area contributed by atoms with Crippen LogP contribution in [0.4, 0.5) is 11.5 Å². The van der Waals surface area contributed by atoms with E-state index in [2.05, 4.69) is 29.3 Å². The zero-order valence-corrected chi connectivity index (χ0v) is 16.7. The lowest BCUT2D eigenvalue weighted by Crippen LogP contribution is -2.49. The number of rotatable bonds is 3. The summed E-state index contributed by atoms with van der Waals surface area (Å²) >= 11 is 0. The summed E-state index contributed by atoms with van der Waals surface area (Å²) in [5, 5.41) is 3.91. The Kier molecular flexibility index (Phi) is 5.16. The first-order chi connectivity index (χ1) is 14.0. The molecule has 1 aliphatic rings. The molecule has 0 spiro atoms. The molecule has 4 rings (SSSR count). The highest BCUT2D eigenvalue weighted by Crippen LogP contribution is 2.24. The fourth-order valence-corrected chi connectivity index (χ4v) is 3.77. The molecule has 0 atom stereocenters. The molecule has 2 amide bonds. The summed E-state index contributed by atoms with van der Waals surface area (Å²) in [6.45, 7) is 6.21. The Balaban J connectivity index is 1.49. The molecule has 0 radical (unpaired) electrons. The van der Waals surface area contributed by atoms with Crippen LogP contribution < -0.4 is 10.2 Å². The number of anilines is 2. The molecule has 29 heavy (non-hydrogen) atoms. The van der Waals surface area contributed by atoms with Crippen molar-refractivity contribution in [3.8, 4) is 0 Å². The van der Waals surface area contributed by atoms with E-state index in [0.717, 1.165) is 24.4 Å². The van der Waals surface area contributed by atoms with Crippen molar-refractivity contribution in [3.63, 3.8) is 0 Å². The Morgan fingerprint density at radius 1 is 0.966 bits per heavy atom. The van der Waals surface area contributed by atoms with E-state index >= 15 is 0 Å². The average molecular weight is 388 g/mol. The van der Waals surface area contributed by atoms with E-state index in [0.29, 0.717) is 24.3 Å². The second-order valence-electron chi connectivity index (χ2n) is 7.32. The quantitative estimate of drug-likeness (QED) is 0.746. The lowest BCUT2D eigenvalue weighted by Gasteiger charge is -2.36. The summed E-state index contributed by atoms with van der Waals surface area (Å²) in [6, 6.07) is 17.4. The molecule has 0 bridgehead atoms. The van der Waals surface area contributed by atoms with Crippen LogP contribution in [-0.4, -0.2) is 47.9 Å². The van der Waals surface area contributed by atoms with E-state index < -0.39 is 0 Å². The van der Waals surface area contributed by atoms with Crippen LogP contribution in [0.3, 0.4) is 0 Å². The van der Waals surface area contributed by atoms with E-state index in [9.17, 15) is 9.59 Å². The monoisotopic (exact) mass is 388 g/mol. The van der Waals surface area contributed by atoms with Gasteiger partial charge in [-0.15, -0.1) is 0 Å². The number of para-hydroxylation sites is 2. The van der Waals surface area contributed by atoms with Crippen molar-refractivity contribution in [2.75, 3.05) is 36.4 Å². The molecular formula is C23H24N4O2. The molecule has 2 heterocycles. The van der Waals surface area contributed by atoms with E-state index in [1.807, 2.05) is 35.2 Å². The number of hydrogen-bond donors (Lipinski definition) is 1. The minimum atomic E-state index is -0.187. The fourth-order valence-electron chi connectivity index (χ4n) is 3.77. The molecule has 1 aliphatic heterocycles. The molecule has 1 saturated heterocycles. The van der Waals surface area contributed by atoms with E-state index in [-0.39, 0.29) is 11.8 Å². The highest BCUT2D eigenvalue weighted by Gasteiger charge is 2.25. The van der Waals surface area contributed by atoms with Gasteiger partial charge in [-0.2, -0.15) is 0 Å². The van der Waals surface area contributed by atoms with Crippen molar-refractivity contribution >= 4 is 34.2 Å². The number of piperazine rings is 1. The van der Waals surface area contributed by atoms with E-state index in [1.54, 1.807) is 12.1 Å². The zero-order valence-electron chi connectivity index (χ0n) is 16.7. The van der Waals surface area contributed by atoms with Crippen LogP contribution in [-0.2, 0) is 4.79 Å². The van der Waals surface area contributed by atoms with Crippen LogP contribution in [0.25, 0.3) is 10.9 Å². The molecule has 3 aromatic rings. The highest BCUT2D eigenvalue weighted by atomic mass is 16.2. The number of pyridine rings is 1. The average Bonchev–Trinajstić information content (AvgIpc) is 2.73. The van der Waals surface area contributed by atoms with Gasteiger partial charge >= 0.3 is 0 Å². The Labute approximate surface area is 170 Å². The van der Waals surface area contributed by atoms with Crippen LogP contribution in [0.2, 0.25) is 0 Å². The minimum absolute atomic E-state index is 0.0587. The smallest absolute Gasteiger partial charge is 0.256 e. The minimum Gasteiger partial charge on any atom is -0.353 e. The van der Waals surface area contributed by atoms with Crippen LogP contribution in [0, 0.1) is 6.92 Å². The summed E-state index contributed by atoms with van der Waals surface area (Å²) in [4.78, 5) is 33.3. The molecular weight excluding hydrogens is 364 g/mol. The summed E-state index contributed by atoms with van der Waals surface area (Å²) in [5.74, 6) is 0.705. The maximum atomic E-state index is 13.0. The Morgan fingerprint density at radius 3 is 2.41 bits per heavy atom. The van der Waals surface area contributed by atoms with Gasteiger partial charge in [0.05, 0.1) is 16.8 Å². The molecule has 1 fully saturated rings. The van der Waals surface area contributed by atoms with Gasteiger partial charge in [0.1, 0.15) is 5.82 Å². The van der Waals surface area contributed by atoms with Crippen LogP contribution in [0.1, 0.15) is 22.8 Å². The number of aryl methyl sites for hydroxylation is 1. The molecule has 0 unspecified atom stereocenters. The van der Waals surface area contributed by atoms with Crippen molar-refractivity contribution in [3.05, 3.63) is 65.7 Å². The third-order valence-electron chi connectivity index (χ3n) is 5.27. The van der Waals surface area contributed by atoms with Gasteiger partial charge in [0.15, 0.2) is 0 Å². The third-order valence-corrected chi connectivity index (χ3v) is 5.27. The number of benzene rings is 2. The van der Waals surface area contributed by atoms with Gasteiger partial charge in [0.2, 0.25) is 5.91 Å². The number of carbonyl (C=O) groups is 2. The number of fused-ring (bicyclic) bond motifs is 1. The first-order valence-corrected chi connectivity index (χ1v) is 9.80. The van der Waals surface area contributed by atoms with Gasteiger partial charge in [-0.05, 0) is 36.8 Å². The molecule has 148 valence electrons. The SMILES string of the molecule is CC(=O)Nc1ccccc1C(=O)N1CCN(c2cc(C)c3ccccc3n2)CC1. The Hall–Kier alpha value is -3.41. The summed E-state index contributed by atoms with van der Waals surface area (Å²) in [7, 11) is 0. The van der Waals surface area contributed by atoms with Gasteiger partial charge in [-0.1, -0.05) is 30.3 Å². The number of nitrogens with zero attached hydrogens (tertiary/aromatic N) is 3. The van der Waals surface area contributed by atoms with Crippen LogP contribution >= 0.6 is 0 Å². The van der Waals surface area contributed by atoms with Crippen molar-refractivity contribution in [1.82, 2.24) is 9.88 Å². The Morgan fingerprint density at radius 2 is 1.66 bits per heavy atom. The molecule has 2 aromatic carbocycles. The second kappa shape index (κ2) is 7.91. The molecule has 0 saturated carbocycles. The van der Waals surface area contributed by atoms with Gasteiger partial charge in [0, 0.05) is 38.5 Å². The number of nitrogens with one attached hydrogen (secondary N) is 1. The van der Waals surface area contributed by atoms with Crippen LogP contribution in [0.5, 0.6) is 0 Å². The van der Waals surface area contributed by atoms with Gasteiger partial charge < -0.3 is 15.1 Å². The number of amides is 2. The third kappa shape index (κ3) is 3.92. The van der Waals surface area contributed by atoms with Gasteiger partial charge in [-0.3, -0.25) is 9.59 Å². The Bertz CT molecular complexity index is 1070. The van der Waals surface area contributed by atoms with Gasteiger partial charge in [0.25, 0.3) is 5.91 Å². The zero-order chi connectivity index (χ0) is 20.4. The summed E-state index contributed by atoms with van der Waals surface area (Å²) in [5.41, 5.74) is 3.27. The normalized spacial score (nSPS) is 14.1. The highest BCUT2D eigenvalue weighted by molar-refractivity contribution is 6.03. The number of carbonyl (C=O) groups excluding carboxylic acids is 2. The second-order valence-corrected chi connectivity index (χ2v) is 7.32. The van der Waals surface area contributed by atoms with Crippen LogP contribution in [0.15, 0.2) is 54.6 Å². The summed E-state index contributed by atoms with van der Waals surface area (Å²) in [6.07, 6.45) is 0. The molecule has 1 aromatic heterocycles. The molecule has 6 nitrogen and oxygen atoms in total. The molecule has 6 heteroatoms. The first kappa shape index (κ1) is 18.9. The van der Waals surface area contributed by atoms with E-state index in [1.165, 1.54) is 17.9 Å². The molecule has 0 aliphatic carbocycles. The summed E-state index contributed by atoms with van der Waals surface area (Å²) < 4.78 is 0. The lowest BCUT2D eigenvalue weighted by molar-refractivity contribution is -0.114. The van der Waals surface area contributed by atoms with Crippen molar-refractivity contribution < 1.29 is 9.59 Å².